The average Bonchev–Trinajstić information content (AvgIpc) is 2.08. The molecular weight excluding hydrogens is 150 g/mol. The van der Waals surface area contributed by atoms with Gasteiger partial charge >= 0.3 is 0 Å². The van der Waals surface area contributed by atoms with Gasteiger partial charge in [-0.05, 0) is 25.7 Å². The Morgan fingerprint density at radius 3 is 3.17 bits per heavy atom. The zero-order chi connectivity index (χ0) is 8.97. The quantitative estimate of drug-likeness (QED) is 0.587. The predicted molar refractivity (Wildman–Crippen MR) is 49.8 cm³/mol. The van der Waals surface area contributed by atoms with E-state index in [2.05, 4.69) is 6.58 Å². The first-order valence-electron chi connectivity index (χ1n) is 4.61. The first-order chi connectivity index (χ1) is 5.75. The van der Waals surface area contributed by atoms with Crippen LogP contribution in [0.5, 0.6) is 0 Å². The number of likely N-dealkylation sites (tertiary alicyclic amines) is 1. The van der Waals surface area contributed by atoms with Crippen molar-refractivity contribution in [3.8, 4) is 0 Å². The molecule has 2 nitrogen and oxygen atoms in total. The maximum absolute atomic E-state index is 11.5. The van der Waals surface area contributed by atoms with Gasteiger partial charge in [0.15, 0.2) is 0 Å². The molecule has 1 saturated heterocycles. The number of amides is 1. The summed E-state index contributed by atoms with van der Waals surface area (Å²) in [5.74, 6) is 0.588. The SMILES string of the molecule is C=CCCC1CCCN(C)C1=O. The van der Waals surface area contributed by atoms with Crippen molar-refractivity contribution in [2.24, 2.45) is 5.92 Å². The van der Waals surface area contributed by atoms with E-state index in [0.717, 1.165) is 32.2 Å². The molecule has 0 aromatic heterocycles. The molecule has 1 aliphatic heterocycles. The van der Waals surface area contributed by atoms with E-state index >= 15 is 0 Å². The zero-order valence-electron chi connectivity index (χ0n) is 7.75. The summed E-state index contributed by atoms with van der Waals surface area (Å²) in [7, 11) is 1.89. The van der Waals surface area contributed by atoms with Gasteiger partial charge in [-0.3, -0.25) is 4.79 Å². The van der Waals surface area contributed by atoms with Gasteiger partial charge in [0.1, 0.15) is 0 Å². The number of rotatable bonds is 3. The second kappa shape index (κ2) is 4.29. The highest BCUT2D eigenvalue weighted by atomic mass is 16.2. The summed E-state index contributed by atoms with van der Waals surface area (Å²) in [6.45, 7) is 4.60. The largest absolute Gasteiger partial charge is 0.346 e. The van der Waals surface area contributed by atoms with Crippen LogP contribution in [0.4, 0.5) is 0 Å². The van der Waals surface area contributed by atoms with Crippen molar-refractivity contribution in [2.45, 2.75) is 25.7 Å². The molecule has 1 amide bonds. The summed E-state index contributed by atoms with van der Waals surface area (Å²) in [6, 6.07) is 0. The molecule has 1 aliphatic rings. The zero-order valence-corrected chi connectivity index (χ0v) is 7.75. The second-order valence-electron chi connectivity index (χ2n) is 3.46. The smallest absolute Gasteiger partial charge is 0.225 e. The minimum Gasteiger partial charge on any atom is -0.346 e. The Balaban J connectivity index is 2.40. The topological polar surface area (TPSA) is 20.3 Å². The van der Waals surface area contributed by atoms with Gasteiger partial charge in [-0.1, -0.05) is 6.08 Å². The number of piperidine rings is 1. The highest BCUT2D eigenvalue weighted by Crippen LogP contribution is 2.21. The summed E-state index contributed by atoms with van der Waals surface area (Å²) in [6.07, 6.45) is 6.06. The van der Waals surface area contributed by atoms with Gasteiger partial charge < -0.3 is 4.90 Å². The molecule has 68 valence electrons. The summed E-state index contributed by atoms with van der Waals surface area (Å²) in [5, 5.41) is 0. The van der Waals surface area contributed by atoms with Crippen LogP contribution < -0.4 is 0 Å². The van der Waals surface area contributed by atoms with Crippen LogP contribution in [-0.2, 0) is 4.79 Å². The summed E-state index contributed by atoms with van der Waals surface area (Å²) in [4.78, 5) is 13.4. The van der Waals surface area contributed by atoms with Gasteiger partial charge in [0.25, 0.3) is 0 Å². The molecule has 0 spiro atoms. The van der Waals surface area contributed by atoms with E-state index in [1.807, 2.05) is 18.0 Å². The first-order valence-corrected chi connectivity index (χ1v) is 4.61. The van der Waals surface area contributed by atoms with Crippen LogP contribution in [0, 0.1) is 5.92 Å². The molecule has 1 fully saturated rings. The monoisotopic (exact) mass is 167 g/mol. The number of nitrogens with zero attached hydrogens (tertiary/aromatic N) is 1. The Morgan fingerprint density at radius 2 is 2.50 bits per heavy atom. The Kier molecular flexibility index (Phi) is 3.32. The molecule has 0 aromatic rings. The lowest BCUT2D eigenvalue weighted by Gasteiger charge is -2.28. The summed E-state index contributed by atoms with van der Waals surface area (Å²) >= 11 is 0. The van der Waals surface area contributed by atoms with E-state index < -0.39 is 0 Å². The van der Waals surface area contributed by atoms with Crippen LogP contribution in [0.15, 0.2) is 12.7 Å². The number of hydrogen-bond acceptors (Lipinski definition) is 1. The van der Waals surface area contributed by atoms with E-state index in [1.54, 1.807) is 0 Å². The van der Waals surface area contributed by atoms with Crippen molar-refractivity contribution >= 4 is 5.91 Å². The van der Waals surface area contributed by atoms with Crippen molar-refractivity contribution in [3.63, 3.8) is 0 Å². The van der Waals surface area contributed by atoms with Crippen LogP contribution in [0.25, 0.3) is 0 Å². The Hall–Kier alpha value is -0.790. The molecule has 0 N–H and O–H groups in total. The third-order valence-electron chi connectivity index (χ3n) is 2.49. The molecule has 0 bridgehead atoms. The van der Waals surface area contributed by atoms with E-state index in [-0.39, 0.29) is 5.92 Å². The minimum atomic E-state index is 0.266. The highest BCUT2D eigenvalue weighted by Gasteiger charge is 2.24. The molecule has 0 aromatic carbocycles. The van der Waals surface area contributed by atoms with Crippen LogP contribution in [0.3, 0.4) is 0 Å². The number of allylic oxidation sites excluding steroid dienone is 1. The average molecular weight is 167 g/mol. The van der Waals surface area contributed by atoms with Gasteiger partial charge in [-0.2, -0.15) is 0 Å². The third-order valence-corrected chi connectivity index (χ3v) is 2.49. The molecule has 2 heteroatoms. The number of hydrogen-bond donors (Lipinski definition) is 0. The van der Waals surface area contributed by atoms with Gasteiger partial charge in [-0.15, -0.1) is 6.58 Å². The van der Waals surface area contributed by atoms with Crippen LogP contribution in [0.1, 0.15) is 25.7 Å². The maximum Gasteiger partial charge on any atom is 0.225 e. The fourth-order valence-electron chi connectivity index (χ4n) is 1.71. The Labute approximate surface area is 74.2 Å². The van der Waals surface area contributed by atoms with Crippen molar-refractivity contribution in [3.05, 3.63) is 12.7 Å². The lowest BCUT2D eigenvalue weighted by atomic mass is 9.93. The molecule has 1 heterocycles. The molecule has 12 heavy (non-hydrogen) atoms. The molecule has 0 saturated carbocycles. The Morgan fingerprint density at radius 1 is 1.75 bits per heavy atom. The molecule has 0 aliphatic carbocycles. The molecular formula is C10H17NO. The van der Waals surface area contributed by atoms with Crippen LogP contribution in [-0.4, -0.2) is 24.4 Å². The standard InChI is InChI=1S/C10H17NO/c1-3-4-6-9-7-5-8-11(2)10(9)12/h3,9H,1,4-8H2,2H3. The Bertz CT molecular complexity index is 177. The molecule has 1 atom stereocenters. The second-order valence-corrected chi connectivity index (χ2v) is 3.46. The summed E-state index contributed by atoms with van der Waals surface area (Å²) in [5.41, 5.74) is 0. The van der Waals surface area contributed by atoms with Gasteiger partial charge in [0.05, 0.1) is 0 Å². The fourth-order valence-corrected chi connectivity index (χ4v) is 1.71. The van der Waals surface area contributed by atoms with E-state index in [9.17, 15) is 4.79 Å². The highest BCUT2D eigenvalue weighted by molar-refractivity contribution is 5.79. The normalized spacial score (nSPS) is 24.2. The molecule has 1 unspecified atom stereocenters. The summed E-state index contributed by atoms with van der Waals surface area (Å²) < 4.78 is 0. The van der Waals surface area contributed by atoms with Crippen molar-refractivity contribution < 1.29 is 4.79 Å². The van der Waals surface area contributed by atoms with E-state index in [0.29, 0.717) is 5.91 Å². The predicted octanol–water partition coefficient (Wildman–Crippen LogP) is 1.82. The van der Waals surface area contributed by atoms with Gasteiger partial charge in [0.2, 0.25) is 5.91 Å². The van der Waals surface area contributed by atoms with E-state index in [1.165, 1.54) is 0 Å². The molecule has 1 rings (SSSR count). The minimum absolute atomic E-state index is 0.266. The number of carbonyl (C=O) groups excluding carboxylic acids is 1. The first kappa shape index (κ1) is 9.30. The van der Waals surface area contributed by atoms with Crippen molar-refractivity contribution in [2.75, 3.05) is 13.6 Å². The maximum atomic E-state index is 11.5. The van der Waals surface area contributed by atoms with Gasteiger partial charge in [-0.25, -0.2) is 0 Å². The van der Waals surface area contributed by atoms with E-state index in [4.69, 9.17) is 0 Å². The van der Waals surface area contributed by atoms with Crippen molar-refractivity contribution in [1.82, 2.24) is 4.90 Å². The van der Waals surface area contributed by atoms with Crippen molar-refractivity contribution in [1.29, 1.82) is 0 Å². The molecule has 0 radical (unpaired) electrons. The third kappa shape index (κ3) is 2.10. The lowest BCUT2D eigenvalue weighted by molar-refractivity contribution is -0.137. The lowest BCUT2D eigenvalue weighted by Crippen LogP contribution is -2.38. The van der Waals surface area contributed by atoms with Crippen LogP contribution in [0.2, 0.25) is 0 Å². The van der Waals surface area contributed by atoms with Crippen LogP contribution >= 0.6 is 0 Å². The van der Waals surface area contributed by atoms with Gasteiger partial charge in [0, 0.05) is 19.5 Å². The number of carbonyl (C=O) groups is 1. The fraction of sp³-hybridized carbons (Fsp3) is 0.700.